The topological polar surface area (TPSA) is 9.23 Å². The second-order valence-electron chi connectivity index (χ2n) is 9.63. The number of ether oxygens (including phenoxy) is 1. The van der Waals surface area contributed by atoms with E-state index in [9.17, 15) is 8.78 Å². The third-order valence-electron chi connectivity index (χ3n) is 7.81. The van der Waals surface area contributed by atoms with Crippen molar-refractivity contribution in [2.45, 2.75) is 64.2 Å². The van der Waals surface area contributed by atoms with Crippen LogP contribution in [0.5, 0.6) is 5.75 Å². The number of rotatable bonds is 6. The smallest absolute Gasteiger partial charge is 0.201 e. The van der Waals surface area contributed by atoms with E-state index in [1.54, 1.807) is 6.07 Å². The second kappa shape index (κ2) is 10.3. The molecule has 178 valence electrons. The SMILES string of the molecule is C/C=C/CCC1CCC2CC(c3ccc(-c4ccc(OC)c(F)c4F)c(F)c3F)CCC2C1. The summed E-state index contributed by atoms with van der Waals surface area (Å²) in [7, 11) is 1.22. The zero-order valence-corrected chi connectivity index (χ0v) is 19.4. The van der Waals surface area contributed by atoms with Gasteiger partial charge in [-0.15, -0.1) is 0 Å². The Balaban J connectivity index is 1.49. The molecule has 4 rings (SSSR count). The van der Waals surface area contributed by atoms with Gasteiger partial charge in [-0.1, -0.05) is 30.7 Å². The van der Waals surface area contributed by atoms with Gasteiger partial charge < -0.3 is 4.74 Å². The van der Waals surface area contributed by atoms with E-state index < -0.39 is 23.3 Å². The fraction of sp³-hybridized carbons (Fsp3) is 0.500. The lowest BCUT2D eigenvalue weighted by Crippen LogP contribution is -2.30. The summed E-state index contributed by atoms with van der Waals surface area (Å²) < 4.78 is 63.5. The fourth-order valence-corrected chi connectivity index (χ4v) is 6.01. The summed E-state index contributed by atoms with van der Waals surface area (Å²) in [5.41, 5.74) is -0.221. The van der Waals surface area contributed by atoms with Gasteiger partial charge in [0.25, 0.3) is 0 Å². The molecule has 2 aromatic carbocycles. The van der Waals surface area contributed by atoms with Gasteiger partial charge in [-0.05, 0) is 93.2 Å². The van der Waals surface area contributed by atoms with E-state index >= 15 is 8.78 Å². The first kappa shape index (κ1) is 23.8. The Hall–Kier alpha value is -2.30. The van der Waals surface area contributed by atoms with E-state index in [2.05, 4.69) is 19.1 Å². The third kappa shape index (κ3) is 4.83. The predicted octanol–water partition coefficient (Wildman–Crippen LogP) is 8.57. The van der Waals surface area contributed by atoms with Crippen LogP contribution < -0.4 is 4.74 Å². The average Bonchev–Trinajstić information content (AvgIpc) is 2.83. The summed E-state index contributed by atoms with van der Waals surface area (Å²) >= 11 is 0. The van der Waals surface area contributed by atoms with Crippen LogP contribution in [0.1, 0.15) is 69.8 Å². The maximum Gasteiger partial charge on any atom is 0.201 e. The number of benzene rings is 2. The van der Waals surface area contributed by atoms with Crippen LogP contribution >= 0.6 is 0 Å². The van der Waals surface area contributed by atoms with Crippen molar-refractivity contribution in [3.8, 4) is 16.9 Å². The first-order valence-corrected chi connectivity index (χ1v) is 12.1. The maximum atomic E-state index is 15.1. The van der Waals surface area contributed by atoms with Crippen molar-refractivity contribution >= 4 is 0 Å². The first-order chi connectivity index (χ1) is 15.9. The van der Waals surface area contributed by atoms with E-state index in [0.29, 0.717) is 17.4 Å². The summed E-state index contributed by atoms with van der Waals surface area (Å²) in [4.78, 5) is 0. The standard InChI is InChI=1S/C28H32F4O/c1-3-4-5-6-17-7-8-19-16-20(10-9-18(19)15-17)21-11-12-22(26(30)25(21)29)23-13-14-24(33-2)28(32)27(23)31/h3-4,11-14,17-20H,5-10,15-16H2,1-2H3/b4-3+. The highest BCUT2D eigenvalue weighted by Gasteiger charge is 2.37. The molecule has 2 aliphatic carbocycles. The third-order valence-corrected chi connectivity index (χ3v) is 7.81. The van der Waals surface area contributed by atoms with Crippen LogP contribution in [0.15, 0.2) is 36.4 Å². The highest BCUT2D eigenvalue weighted by atomic mass is 19.2. The van der Waals surface area contributed by atoms with Crippen LogP contribution in [0, 0.1) is 41.0 Å². The van der Waals surface area contributed by atoms with E-state index in [1.165, 1.54) is 44.6 Å². The predicted molar refractivity (Wildman–Crippen MR) is 123 cm³/mol. The molecule has 2 saturated carbocycles. The Kier molecular flexibility index (Phi) is 7.45. The Morgan fingerprint density at radius 2 is 1.48 bits per heavy atom. The number of allylic oxidation sites excluding steroid dienone is 2. The van der Waals surface area contributed by atoms with Crippen molar-refractivity contribution in [2.24, 2.45) is 17.8 Å². The van der Waals surface area contributed by atoms with Gasteiger partial charge in [-0.2, -0.15) is 4.39 Å². The molecule has 2 aliphatic rings. The molecule has 1 nitrogen and oxygen atoms in total. The number of fused-ring (bicyclic) bond motifs is 1. The highest BCUT2D eigenvalue weighted by molar-refractivity contribution is 5.66. The molecule has 0 bridgehead atoms. The number of methoxy groups -OCH3 is 1. The van der Waals surface area contributed by atoms with Gasteiger partial charge in [-0.3, -0.25) is 0 Å². The van der Waals surface area contributed by atoms with Crippen molar-refractivity contribution in [3.05, 3.63) is 65.2 Å². The Morgan fingerprint density at radius 3 is 2.21 bits per heavy atom. The van der Waals surface area contributed by atoms with Crippen molar-refractivity contribution in [1.82, 2.24) is 0 Å². The summed E-state index contributed by atoms with van der Waals surface area (Å²) in [5, 5.41) is 0. The average molecular weight is 461 g/mol. The van der Waals surface area contributed by atoms with Gasteiger partial charge in [0, 0.05) is 11.1 Å². The molecule has 5 heteroatoms. The molecule has 0 aliphatic heterocycles. The summed E-state index contributed by atoms with van der Waals surface area (Å²) in [5.74, 6) is -2.82. The van der Waals surface area contributed by atoms with Crippen LogP contribution in [-0.2, 0) is 0 Å². The first-order valence-electron chi connectivity index (χ1n) is 12.1. The molecular weight excluding hydrogens is 428 g/mol. The van der Waals surface area contributed by atoms with Gasteiger partial charge in [-0.25, -0.2) is 13.2 Å². The molecule has 0 aromatic heterocycles. The molecule has 0 heterocycles. The van der Waals surface area contributed by atoms with Crippen LogP contribution in [0.2, 0.25) is 0 Å². The lowest BCUT2D eigenvalue weighted by Gasteiger charge is -2.42. The Morgan fingerprint density at radius 1 is 0.818 bits per heavy atom. The van der Waals surface area contributed by atoms with E-state index in [0.717, 1.165) is 38.0 Å². The van der Waals surface area contributed by atoms with E-state index in [-0.39, 0.29) is 22.8 Å². The van der Waals surface area contributed by atoms with Crippen molar-refractivity contribution < 1.29 is 22.3 Å². The van der Waals surface area contributed by atoms with Crippen LogP contribution in [0.4, 0.5) is 17.6 Å². The number of halogens is 4. The Bertz CT molecular complexity index is 1020. The fourth-order valence-electron chi connectivity index (χ4n) is 6.01. The van der Waals surface area contributed by atoms with Gasteiger partial charge in [0.05, 0.1) is 7.11 Å². The van der Waals surface area contributed by atoms with Gasteiger partial charge in [0.15, 0.2) is 23.2 Å². The molecule has 2 aromatic rings. The highest BCUT2D eigenvalue weighted by Crippen LogP contribution is 2.49. The molecule has 0 saturated heterocycles. The van der Waals surface area contributed by atoms with Gasteiger partial charge in [0.1, 0.15) is 0 Å². The molecule has 2 fully saturated rings. The maximum absolute atomic E-state index is 15.1. The van der Waals surface area contributed by atoms with Gasteiger partial charge >= 0.3 is 0 Å². The van der Waals surface area contributed by atoms with Gasteiger partial charge in [0.2, 0.25) is 5.82 Å². The molecule has 4 atom stereocenters. The quantitative estimate of drug-likeness (QED) is 0.310. The number of hydrogen-bond acceptors (Lipinski definition) is 1. The minimum Gasteiger partial charge on any atom is -0.494 e. The van der Waals surface area contributed by atoms with Crippen molar-refractivity contribution in [1.29, 1.82) is 0 Å². The van der Waals surface area contributed by atoms with Crippen LogP contribution in [0.3, 0.4) is 0 Å². The lowest BCUT2D eigenvalue weighted by atomic mass is 9.63. The molecule has 0 N–H and O–H groups in total. The van der Waals surface area contributed by atoms with E-state index in [1.807, 2.05) is 0 Å². The number of hydrogen-bond donors (Lipinski definition) is 0. The summed E-state index contributed by atoms with van der Waals surface area (Å²) in [6, 6.07) is 5.37. The molecule has 0 radical (unpaired) electrons. The van der Waals surface area contributed by atoms with Crippen LogP contribution in [0.25, 0.3) is 11.1 Å². The molecule has 0 spiro atoms. The normalized spacial score (nSPS) is 25.3. The summed E-state index contributed by atoms with van der Waals surface area (Å²) in [6.45, 7) is 2.05. The monoisotopic (exact) mass is 460 g/mol. The minimum absolute atomic E-state index is 0.0353. The minimum atomic E-state index is -1.24. The molecular formula is C28H32F4O. The summed E-state index contributed by atoms with van der Waals surface area (Å²) in [6.07, 6.45) is 13.1. The van der Waals surface area contributed by atoms with E-state index in [4.69, 9.17) is 4.74 Å². The zero-order chi connectivity index (χ0) is 23.5. The molecule has 33 heavy (non-hydrogen) atoms. The lowest BCUT2D eigenvalue weighted by molar-refractivity contribution is 0.114. The molecule has 0 amide bonds. The van der Waals surface area contributed by atoms with Crippen molar-refractivity contribution in [2.75, 3.05) is 7.11 Å². The Labute approximate surface area is 193 Å². The second-order valence-corrected chi connectivity index (χ2v) is 9.63. The van der Waals surface area contributed by atoms with Crippen molar-refractivity contribution in [3.63, 3.8) is 0 Å². The molecule has 4 unspecified atom stereocenters. The van der Waals surface area contributed by atoms with Crippen LogP contribution in [-0.4, -0.2) is 7.11 Å². The zero-order valence-electron chi connectivity index (χ0n) is 19.4. The largest absolute Gasteiger partial charge is 0.494 e.